The molecular weight excluding hydrogens is 532 g/mol. The molecule has 0 spiro atoms. The minimum atomic E-state index is -0.765. The lowest BCUT2D eigenvalue weighted by atomic mass is 9.96. The molecule has 1 aromatic heterocycles. The quantitative estimate of drug-likeness (QED) is 0.245. The monoisotopic (exact) mass is 562 g/mol. The molecule has 10 nitrogen and oxygen atoms in total. The van der Waals surface area contributed by atoms with Crippen LogP contribution in [0.5, 0.6) is 5.75 Å². The van der Waals surface area contributed by atoms with E-state index in [-0.39, 0.29) is 22.9 Å². The molecule has 0 bridgehead atoms. The fraction of sp³-hybridized carbons (Fsp3) is 0.345. The molecule has 11 heteroatoms. The van der Waals surface area contributed by atoms with Crippen LogP contribution in [0, 0.1) is 10.1 Å². The fourth-order valence-electron chi connectivity index (χ4n) is 5.12. The van der Waals surface area contributed by atoms with Gasteiger partial charge in [0.25, 0.3) is 11.2 Å². The number of nitrogens with zero attached hydrogens (tertiary/aromatic N) is 4. The van der Waals surface area contributed by atoms with Crippen LogP contribution in [0.2, 0.25) is 0 Å². The third-order valence-electron chi connectivity index (χ3n) is 6.97. The summed E-state index contributed by atoms with van der Waals surface area (Å²) in [5.41, 5.74) is 2.50. The molecular formula is C29H30N4O6S. The number of rotatable bonds is 7. The lowest BCUT2D eigenvalue weighted by molar-refractivity contribution is -0.384. The van der Waals surface area contributed by atoms with E-state index < -0.39 is 16.9 Å². The van der Waals surface area contributed by atoms with Crippen LogP contribution in [-0.4, -0.2) is 41.8 Å². The van der Waals surface area contributed by atoms with E-state index in [1.807, 2.05) is 12.1 Å². The first-order chi connectivity index (χ1) is 19.2. The number of nitro benzene ring substituents is 1. The minimum Gasteiger partial charge on any atom is -0.497 e. The number of carbonyl (C=O) groups excluding carboxylic acids is 1. The van der Waals surface area contributed by atoms with Crippen LogP contribution in [0.3, 0.4) is 0 Å². The summed E-state index contributed by atoms with van der Waals surface area (Å²) in [5.74, 6) is 0.102. The summed E-state index contributed by atoms with van der Waals surface area (Å²) in [7, 11) is 1.57. The van der Waals surface area contributed by atoms with E-state index in [4.69, 9.17) is 9.47 Å². The van der Waals surface area contributed by atoms with Crippen molar-refractivity contribution in [2.24, 2.45) is 4.99 Å². The smallest absolute Gasteiger partial charge is 0.338 e. The molecule has 0 unspecified atom stereocenters. The number of aromatic nitrogens is 1. The summed E-state index contributed by atoms with van der Waals surface area (Å²) < 4.78 is 12.7. The molecule has 2 aromatic carbocycles. The molecule has 0 aliphatic carbocycles. The number of ether oxygens (including phenoxy) is 2. The van der Waals surface area contributed by atoms with Gasteiger partial charge in [0.2, 0.25) is 0 Å². The second-order valence-electron chi connectivity index (χ2n) is 10.0. The summed E-state index contributed by atoms with van der Waals surface area (Å²) >= 11 is 1.19. The Bertz CT molecular complexity index is 1680. The zero-order valence-corrected chi connectivity index (χ0v) is 23.6. The average Bonchev–Trinajstić information content (AvgIpc) is 3.56. The number of fused-ring (bicyclic) bond motifs is 1. The molecule has 0 amide bonds. The van der Waals surface area contributed by atoms with Crippen molar-refractivity contribution in [3.63, 3.8) is 0 Å². The predicted octanol–water partition coefficient (Wildman–Crippen LogP) is 3.70. The van der Waals surface area contributed by atoms with Gasteiger partial charge in [0.05, 0.1) is 40.0 Å². The molecule has 3 heterocycles. The summed E-state index contributed by atoms with van der Waals surface area (Å²) in [5, 5.41) is 11.6. The number of hydrogen-bond donors (Lipinski definition) is 0. The predicted molar refractivity (Wildman–Crippen MR) is 153 cm³/mol. The van der Waals surface area contributed by atoms with Crippen molar-refractivity contribution in [1.82, 2.24) is 4.57 Å². The van der Waals surface area contributed by atoms with Crippen LogP contribution >= 0.6 is 11.3 Å². The van der Waals surface area contributed by atoms with Crippen molar-refractivity contribution >= 4 is 34.8 Å². The maximum atomic E-state index is 14.0. The van der Waals surface area contributed by atoms with Gasteiger partial charge in [-0.25, -0.2) is 9.79 Å². The van der Waals surface area contributed by atoms with Gasteiger partial charge in [0.15, 0.2) is 4.80 Å². The topological polar surface area (TPSA) is 116 Å². The Kier molecular flexibility index (Phi) is 7.57. The zero-order chi connectivity index (χ0) is 28.6. The van der Waals surface area contributed by atoms with Gasteiger partial charge in [-0.1, -0.05) is 23.5 Å². The Hall–Kier alpha value is -4.25. The molecule has 40 heavy (non-hydrogen) atoms. The first kappa shape index (κ1) is 27.3. The van der Waals surface area contributed by atoms with E-state index in [9.17, 15) is 19.7 Å². The highest BCUT2D eigenvalue weighted by atomic mass is 32.1. The van der Waals surface area contributed by atoms with Gasteiger partial charge >= 0.3 is 5.97 Å². The number of allylic oxidation sites excluding steroid dienone is 1. The summed E-state index contributed by atoms with van der Waals surface area (Å²) in [4.78, 5) is 45.7. The zero-order valence-electron chi connectivity index (χ0n) is 22.7. The van der Waals surface area contributed by atoms with Crippen molar-refractivity contribution in [3.8, 4) is 5.75 Å². The molecule has 208 valence electrons. The van der Waals surface area contributed by atoms with E-state index in [0.29, 0.717) is 31.9 Å². The Morgan fingerprint density at radius 1 is 1.18 bits per heavy atom. The number of thiazole rings is 1. The lowest BCUT2D eigenvalue weighted by Crippen LogP contribution is -2.40. The maximum Gasteiger partial charge on any atom is 0.338 e. The molecule has 0 saturated carbocycles. The lowest BCUT2D eigenvalue weighted by Gasteiger charge is -2.25. The van der Waals surface area contributed by atoms with Gasteiger partial charge in [0, 0.05) is 36.5 Å². The second kappa shape index (κ2) is 11.1. The molecule has 1 atom stereocenters. The summed E-state index contributed by atoms with van der Waals surface area (Å²) in [6.07, 6.45) is 3.41. The van der Waals surface area contributed by atoms with E-state index in [2.05, 4.69) is 9.89 Å². The number of nitro groups is 1. The summed E-state index contributed by atoms with van der Waals surface area (Å²) in [6, 6.07) is 11.2. The van der Waals surface area contributed by atoms with Crippen LogP contribution in [0.4, 0.5) is 11.4 Å². The van der Waals surface area contributed by atoms with Crippen molar-refractivity contribution < 1.29 is 19.2 Å². The highest BCUT2D eigenvalue weighted by Crippen LogP contribution is 2.32. The van der Waals surface area contributed by atoms with E-state index in [1.165, 1.54) is 28.0 Å². The number of esters is 1. The van der Waals surface area contributed by atoms with E-state index in [1.54, 1.807) is 52.2 Å². The second-order valence-corrected chi connectivity index (χ2v) is 11.0. The van der Waals surface area contributed by atoms with Crippen molar-refractivity contribution in [2.45, 2.75) is 45.8 Å². The third-order valence-corrected chi connectivity index (χ3v) is 7.95. The van der Waals surface area contributed by atoms with Crippen LogP contribution in [-0.2, 0) is 9.53 Å². The van der Waals surface area contributed by atoms with Gasteiger partial charge in [-0.15, -0.1) is 0 Å². The van der Waals surface area contributed by atoms with Crippen molar-refractivity contribution in [2.75, 3.05) is 25.1 Å². The number of benzene rings is 2. The van der Waals surface area contributed by atoms with Crippen LogP contribution in [0.25, 0.3) is 6.08 Å². The Labute approximate surface area is 234 Å². The third kappa shape index (κ3) is 5.16. The minimum absolute atomic E-state index is 0.0485. The van der Waals surface area contributed by atoms with E-state index >= 15 is 0 Å². The van der Waals surface area contributed by atoms with Gasteiger partial charge < -0.3 is 14.4 Å². The molecule has 3 aromatic rings. The molecule has 1 saturated heterocycles. The van der Waals surface area contributed by atoms with Gasteiger partial charge in [-0.05, 0) is 63.5 Å². The average molecular weight is 563 g/mol. The normalized spacial score (nSPS) is 17.2. The van der Waals surface area contributed by atoms with Gasteiger partial charge in [-0.3, -0.25) is 19.5 Å². The first-order valence-electron chi connectivity index (χ1n) is 13.1. The largest absolute Gasteiger partial charge is 0.497 e. The summed E-state index contributed by atoms with van der Waals surface area (Å²) in [6.45, 7) is 6.96. The number of non-ortho nitro benzene ring substituents is 1. The maximum absolute atomic E-state index is 14.0. The first-order valence-corrected chi connectivity index (χ1v) is 13.9. The molecule has 1 fully saturated rings. The molecule has 0 radical (unpaired) electrons. The number of hydrogen-bond acceptors (Lipinski definition) is 9. The van der Waals surface area contributed by atoms with Crippen LogP contribution in [0.1, 0.15) is 50.8 Å². The highest BCUT2D eigenvalue weighted by Gasteiger charge is 2.34. The highest BCUT2D eigenvalue weighted by molar-refractivity contribution is 7.07. The number of anilines is 1. The SMILES string of the molecule is COc1ccc([C@H]2C(C(=O)OC(C)C)=C(C)N=c3s/c(=C/c4cc([N+](=O)[O-])ccc4N4CCCC4)c(=O)n32)cc1. The van der Waals surface area contributed by atoms with Gasteiger partial charge in [-0.2, -0.15) is 0 Å². The molecule has 0 N–H and O–H groups in total. The number of methoxy groups -OCH3 is 1. The Morgan fingerprint density at radius 2 is 1.88 bits per heavy atom. The van der Waals surface area contributed by atoms with Crippen molar-refractivity contribution in [1.29, 1.82) is 0 Å². The van der Waals surface area contributed by atoms with Crippen LogP contribution < -0.4 is 24.5 Å². The molecule has 5 rings (SSSR count). The Morgan fingerprint density at radius 3 is 2.50 bits per heavy atom. The van der Waals surface area contributed by atoms with Crippen LogP contribution in [0.15, 0.2) is 63.5 Å². The molecule has 2 aliphatic heterocycles. The number of carbonyl (C=O) groups is 1. The van der Waals surface area contributed by atoms with Crippen molar-refractivity contribution in [3.05, 3.63) is 94.7 Å². The van der Waals surface area contributed by atoms with Gasteiger partial charge in [0.1, 0.15) is 5.75 Å². The van der Waals surface area contributed by atoms with E-state index in [0.717, 1.165) is 31.6 Å². The standard InChI is InChI=1S/C29H30N4O6S/c1-17(2)39-28(35)25-18(3)30-29-32(26(25)19-7-10-22(38-4)11-8-19)27(34)24(40-29)16-20-15-21(33(36)37)9-12-23(20)31-13-5-6-14-31/h7-12,15-17,26H,5-6,13-14H2,1-4H3/b24-16+/t26-/m0/s1. The fourth-order valence-corrected chi connectivity index (χ4v) is 6.16. The molecule has 2 aliphatic rings. The Balaban J connectivity index is 1.71.